The van der Waals surface area contributed by atoms with Gasteiger partial charge in [0.05, 0.1) is 0 Å². The number of hydrazine groups is 1. The standard InChI is InChI=1S/C11H9BrF3N5O/c12-8-9(17-5-18-10(8)20-16)19-6-1-3-7(4-2-6)21-11(13,14)15/h1-5H,16H2,(H2,17,18,19,20). The fourth-order valence-corrected chi connectivity index (χ4v) is 1.85. The van der Waals surface area contributed by atoms with E-state index in [2.05, 4.69) is 41.4 Å². The van der Waals surface area contributed by atoms with Gasteiger partial charge in [-0.15, -0.1) is 13.2 Å². The predicted octanol–water partition coefficient (Wildman–Crippen LogP) is 3.17. The molecule has 0 bridgehead atoms. The number of benzene rings is 1. The lowest BCUT2D eigenvalue weighted by atomic mass is 10.3. The Kier molecular flexibility index (Phi) is 4.48. The number of halogens is 4. The molecule has 2 aromatic rings. The Labute approximate surface area is 125 Å². The SMILES string of the molecule is NNc1ncnc(Nc2ccc(OC(F)(F)F)cc2)c1Br. The molecule has 10 heteroatoms. The van der Waals surface area contributed by atoms with Gasteiger partial charge in [-0.2, -0.15) is 0 Å². The number of rotatable bonds is 4. The number of nitrogen functional groups attached to an aromatic ring is 1. The van der Waals surface area contributed by atoms with Crippen LogP contribution in [0.15, 0.2) is 35.1 Å². The molecule has 1 heterocycles. The van der Waals surface area contributed by atoms with E-state index in [-0.39, 0.29) is 5.75 Å². The number of nitrogens with one attached hydrogen (secondary N) is 2. The monoisotopic (exact) mass is 363 g/mol. The summed E-state index contributed by atoms with van der Waals surface area (Å²) < 4.78 is 40.4. The number of hydrogen-bond acceptors (Lipinski definition) is 6. The minimum absolute atomic E-state index is 0.306. The molecular weight excluding hydrogens is 355 g/mol. The zero-order valence-corrected chi connectivity index (χ0v) is 11.9. The van der Waals surface area contributed by atoms with Gasteiger partial charge >= 0.3 is 6.36 Å². The quantitative estimate of drug-likeness (QED) is 0.571. The van der Waals surface area contributed by atoms with Gasteiger partial charge in [-0.25, -0.2) is 15.8 Å². The van der Waals surface area contributed by atoms with Crippen LogP contribution in [0.4, 0.5) is 30.5 Å². The molecule has 2 rings (SSSR count). The number of anilines is 3. The highest BCUT2D eigenvalue weighted by Crippen LogP contribution is 2.29. The van der Waals surface area contributed by atoms with Crippen LogP contribution in [0, 0.1) is 0 Å². The second-order valence-electron chi connectivity index (χ2n) is 3.73. The first-order valence-corrected chi connectivity index (χ1v) is 6.28. The first kappa shape index (κ1) is 15.3. The molecule has 112 valence electrons. The number of alkyl halides is 3. The van der Waals surface area contributed by atoms with E-state index in [0.717, 1.165) is 0 Å². The van der Waals surface area contributed by atoms with Gasteiger partial charge in [-0.1, -0.05) is 0 Å². The number of nitrogens with zero attached hydrogens (tertiary/aromatic N) is 2. The highest BCUT2D eigenvalue weighted by molar-refractivity contribution is 9.10. The molecule has 0 saturated heterocycles. The van der Waals surface area contributed by atoms with Crippen LogP contribution in [0.5, 0.6) is 5.75 Å². The third-order valence-corrected chi connectivity index (χ3v) is 3.03. The maximum absolute atomic E-state index is 12.0. The molecule has 0 saturated carbocycles. The van der Waals surface area contributed by atoms with E-state index in [1.807, 2.05) is 0 Å². The lowest BCUT2D eigenvalue weighted by molar-refractivity contribution is -0.274. The van der Waals surface area contributed by atoms with Crippen molar-refractivity contribution >= 4 is 33.3 Å². The molecule has 6 nitrogen and oxygen atoms in total. The first-order chi connectivity index (χ1) is 9.89. The van der Waals surface area contributed by atoms with Crippen LogP contribution < -0.4 is 21.3 Å². The molecule has 1 aromatic carbocycles. The van der Waals surface area contributed by atoms with Gasteiger partial charge in [0.15, 0.2) is 5.82 Å². The van der Waals surface area contributed by atoms with Gasteiger partial charge in [0, 0.05) is 5.69 Å². The summed E-state index contributed by atoms with van der Waals surface area (Å²) in [5.74, 6) is 5.73. The van der Waals surface area contributed by atoms with E-state index in [0.29, 0.717) is 21.8 Å². The highest BCUT2D eigenvalue weighted by Gasteiger charge is 2.30. The first-order valence-electron chi connectivity index (χ1n) is 5.49. The van der Waals surface area contributed by atoms with Crippen molar-refractivity contribution in [2.45, 2.75) is 6.36 Å². The molecule has 0 unspecified atom stereocenters. The van der Waals surface area contributed by atoms with E-state index in [1.165, 1.54) is 30.6 Å². The van der Waals surface area contributed by atoms with E-state index < -0.39 is 6.36 Å². The van der Waals surface area contributed by atoms with E-state index >= 15 is 0 Å². The maximum Gasteiger partial charge on any atom is 0.573 e. The normalized spacial score (nSPS) is 11.1. The summed E-state index contributed by atoms with van der Waals surface area (Å²) in [6.45, 7) is 0. The highest BCUT2D eigenvalue weighted by atomic mass is 79.9. The summed E-state index contributed by atoms with van der Waals surface area (Å²) >= 11 is 3.25. The Bertz CT molecular complexity index is 620. The molecule has 1 aromatic heterocycles. The van der Waals surface area contributed by atoms with E-state index in [1.54, 1.807) is 0 Å². The Balaban J connectivity index is 2.14. The van der Waals surface area contributed by atoms with Gasteiger partial charge in [0.2, 0.25) is 0 Å². The third kappa shape index (κ3) is 4.20. The van der Waals surface area contributed by atoms with Crippen molar-refractivity contribution in [3.63, 3.8) is 0 Å². The minimum Gasteiger partial charge on any atom is -0.406 e. The zero-order valence-electron chi connectivity index (χ0n) is 10.3. The van der Waals surface area contributed by atoms with Gasteiger partial charge in [0.1, 0.15) is 22.4 Å². The van der Waals surface area contributed by atoms with Crippen molar-refractivity contribution in [2.75, 3.05) is 10.7 Å². The average molecular weight is 364 g/mol. The molecule has 4 N–H and O–H groups in total. The Morgan fingerprint density at radius 2 is 1.71 bits per heavy atom. The lowest BCUT2D eigenvalue weighted by Crippen LogP contribution is -2.17. The molecule has 0 atom stereocenters. The van der Waals surface area contributed by atoms with Gasteiger partial charge in [0.25, 0.3) is 0 Å². The summed E-state index contributed by atoms with van der Waals surface area (Å²) in [5, 5.41) is 2.91. The summed E-state index contributed by atoms with van der Waals surface area (Å²) in [7, 11) is 0. The van der Waals surface area contributed by atoms with Crippen LogP contribution in [-0.4, -0.2) is 16.3 Å². The number of nitrogens with two attached hydrogens (primary N) is 1. The molecule has 0 aliphatic heterocycles. The van der Waals surface area contributed by atoms with Crippen molar-refractivity contribution in [3.8, 4) is 5.75 Å². The number of hydrogen-bond donors (Lipinski definition) is 3. The molecule has 0 spiro atoms. The van der Waals surface area contributed by atoms with Gasteiger partial charge in [-0.05, 0) is 40.2 Å². The minimum atomic E-state index is -4.72. The van der Waals surface area contributed by atoms with Crippen LogP contribution >= 0.6 is 15.9 Å². The van der Waals surface area contributed by atoms with Crippen molar-refractivity contribution in [2.24, 2.45) is 5.84 Å². The van der Waals surface area contributed by atoms with Crippen molar-refractivity contribution in [1.29, 1.82) is 0 Å². The molecule has 0 radical (unpaired) electrons. The predicted molar refractivity (Wildman–Crippen MR) is 73.9 cm³/mol. The smallest absolute Gasteiger partial charge is 0.406 e. The molecular formula is C11H9BrF3N5O. The Morgan fingerprint density at radius 1 is 1.10 bits per heavy atom. The number of aromatic nitrogens is 2. The molecule has 21 heavy (non-hydrogen) atoms. The third-order valence-electron chi connectivity index (χ3n) is 2.28. The maximum atomic E-state index is 12.0. The van der Waals surface area contributed by atoms with Crippen molar-refractivity contribution in [1.82, 2.24) is 9.97 Å². The second-order valence-corrected chi connectivity index (χ2v) is 4.52. The topological polar surface area (TPSA) is 85.1 Å². The fourth-order valence-electron chi connectivity index (χ4n) is 1.43. The van der Waals surface area contributed by atoms with Crippen LogP contribution in [0.3, 0.4) is 0 Å². The van der Waals surface area contributed by atoms with Crippen LogP contribution in [0.2, 0.25) is 0 Å². The summed E-state index contributed by atoms with van der Waals surface area (Å²) in [6, 6.07) is 5.22. The lowest BCUT2D eigenvalue weighted by Gasteiger charge is -2.11. The Hall–Kier alpha value is -2.07. The average Bonchev–Trinajstić information content (AvgIpc) is 2.42. The van der Waals surface area contributed by atoms with E-state index in [4.69, 9.17) is 5.84 Å². The van der Waals surface area contributed by atoms with Crippen LogP contribution in [0.25, 0.3) is 0 Å². The number of ether oxygens (including phenoxy) is 1. The zero-order chi connectivity index (χ0) is 15.5. The van der Waals surface area contributed by atoms with Crippen LogP contribution in [0.1, 0.15) is 0 Å². The van der Waals surface area contributed by atoms with E-state index in [9.17, 15) is 13.2 Å². The summed E-state index contributed by atoms with van der Waals surface area (Å²) in [5.41, 5.74) is 2.89. The van der Waals surface area contributed by atoms with Gasteiger partial charge < -0.3 is 15.5 Å². The molecule has 0 amide bonds. The Morgan fingerprint density at radius 3 is 2.29 bits per heavy atom. The van der Waals surface area contributed by atoms with Crippen molar-refractivity contribution in [3.05, 3.63) is 35.1 Å². The summed E-state index contributed by atoms with van der Waals surface area (Å²) in [4.78, 5) is 7.86. The van der Waals surface area contributed by atoms with Gasteiger partial charge in [-0.3, -0.25) is 0 Å². The molecule has 0 aliphatic rings. The second kappa shape index (κ2) is 6.14. The summed E-state index contributed by atoms with van der Waals surface area (Å²) in [6.07, 6.45) is -3.43. The largest absolute Gasteiger partial charge is 0.573 e. The fraction of sp³-hybridized carbons (Fsp3) is 0.0909. The van der Waals surface area contributed by atoms with Crippen molar-refractivity contribution < 1.29 is 17.9 Å². The molecule has 0 fully saturated rings. The molecule has 0 aliphatic carbocycles. The van der Waals surface area contributed by atoms with Crippen LogP contribution in [-0.2, 0) is 0 Å².